The van der Waals surface area contributed by atoms with Gasteiger partial charge >= 0.3 is 0 Å². The first-order valence-electron chi connectivity index (χ1n) is 6.36. The van der Waals surface area contributed by atoms with Gasteiger partial charge in [0, 0.05) is 19.2 Å². The lowest BCUT2D eigenvalue weighted by molar-refractivity contribution is 0.273. The van der Waals surface area contributed by atoms with Gasteiger partial charge in [0.2, 0.25) is 10.0 Å². The third kappa shape index (κ3) is 3.94. The second kappa shape index (κ2) is 6.11. The topological polar surface area (TPSA) is 66.8 Å². The molecule has 0 saturated carbocycles. The Labute approximate surface area is 121 Å². The summed E-state index contributed by atoms with van der Waals surface area (Å²) in [6, 6.07) is 4.50. The first-order valence-corrected chi connectivity index (χ1v) is 7.80. The van der Waals surface area contributed by atoms with Gasteiger partial charge in [-0.25, -0.2) is 12.7 Å². The number of hydrogen-bond acceptors (Lipinski definition) is 4. The van der Waals surface area contributed by atoms with Crippen molar-refractivity contribution in [3.8, 4) is 5.75 Å². The molecule has 0 bridgehead atoms. The molecule has 0 amide bonds. The molecule has 1 rings (SSSR count). The second-order valence-corrected chi connectivity index (χ2v) is 8.00. The van der Waals surface area contributed by atoms with Crippen LogP contribution in [0.1, 0.15) is 26.3 Å². The maximum absolute atomic E-state index is 12.5. The van der Waals surface area contributed by atoms with Crippen LogP contribution in [0, 0.1) is 5.41 Å². The van der Waals surface area contributed by atoms with Gasteiger partial charge < -0.3 is 9.84 Å². The smallest absolute Gasteiger partial charge is 0.242 e. The summed E-state index contributed by atoms with van der Waals surface area (Å²) in [4.78, 5) is 0.161. The number of aliphatic hydroxyl groups is 1. The molecular formula is C14H23NO4S. The minimum absolute atomic E-state index is 0.131. The Hall–Kier alpha value is -1.11. The van der Waals surface area contributed by atoms with Crippen molar-refractivity contribution in [2.24, 2.45) is 5.41 Å². The van der Waals surface area contributed by atoms with Crippen molar-refractivity contribution in [3.63, 3.8) is 0 Å². The summed E-state index contributed by atoms with van der Waals surface area (Å²) < 4.78 is 31.4. The Morgan fingerprint density at radius 2 is 1.90 bits per heavy atom. The normalized spacial score (nSPS) is 12.8. The van der Waals surface area contributed by atoms with Crippen molar-refractivity contribution in [2.45, 2.75) is 32.3 Å². The van der Waals surface area contributed by atoms with Crippen molar-refractivity contribution in [3.05, 3.63) is 23.8 Å². The van der Waals surface area contributed by atoms with Crippen molar-refractivity contribution in [2.75, 3.05) is 20.7 Å². The highest BCUT2D eigenvalue weighted by atomic mass is 32.2. The summed E-state index contributed by atoms with van der Waals surface area (Å²) in [5, 5.41) is 9.28. The lowest BCUT2D eigenvalue weighted by Gasteiger charge is -2.26. The van der Waals surface area contributed by atoms with E-state index in [1.807, 2.05) is 20.8 Å². The average Bonchev–Trinajstić information content (AvgIpc) is 2.35. The molecule has 0 radical (unpaired) electrons. The van der Waals surface area contributed by atoms with Gasteiger partial charge in [-0.3, -0.25) is 0 Å². The maximum atomic E-state index is 12.5. The van der Waals surface area contributed by atoms with E-state index in [9.17, 15) is 13.5 Å². The number of methoxy groups -OCH3 is 1. The molecule has 1 N–H and O–H groups in total. The molecule has 0 aromatic heterocycles. The molecule has 114 valence electrons. The average molecular weight is 301 g/mol. The van der Waals surface area contributed by atoms with Gasteiger partial charge in [-0.15, -0.1) is 0 Å². The molecule has 1 aromatic carbocycles. The summed E-state index contributed by atoms with van der Waals surface area (Å²) in [7, 11) is -0.524. The summed E-state index contributed by atoms with van der Waals surface area (Å²) in [6.07, 6.45) is 0. The highest BCUT2D eigenvalue weighted by Gasteiger charge is 2.25. The van der Waals surface area contributed by atoms with Crippen LogP contribution in [0.3, 0.4) is 0 Å². The SMILES string of the molecule is COc1ccc(S(=O)(=O)N(C)CC(C)(C)C)cc1CO. The molecule has 0 fully saturated rings. The standard InChI is InChI=1S/C14H23NO4S/c1-14(2,3)10-15(4)20(17,18)12-6-7-13(19-5)11(8-12)9-16/h6-8,16H,9-10H2,1-5H3. The fourth-order valence-electron chi connectivity index (χ4n) is 1.97. The first kappa shape index (κ1) is 16.9. The van der Waals surface area contributed by atoms with Gasteiger partial charge in [0.25, 0.3) is 0 Å². The fraction of sp³-hybridized carbons (Fsp3) is 0.571. The summed E-state index contributed by atoms with van der Waals surface area (Å²) in [5.41, 5.74) is 0.325. The van der Waals surface area contributed by atoms with Gasteiger partial charge in [-0.05, 0) is 23.6 Å². The molecule has 20 heavy (non-hydrogen) atoms. The molecule has 0 saturated heterocycles. The second-order valence-electron chi connectivity index (χ2n) is 5.95. The molecule has 0 spiro atoms. The van der Waals surface area contributed by atoms with Crippen LogP contribution in [0.15, 0.2) is 23.1 Å². The van der Waals surface area contributed by atoms with Gasteiger partial charge in [0.15, 0.2) is 0 Å². The molecule has 0 atom stereocenters. The van der Waals surface area contributed by atoms with Crippen LogP contribution in [0.25, 0.3) is 0 Å². The summed E-state index contributed by atoms with van der Waals surface area (Å²) in [5.74, 6) is 0.477. The minimum atomic E-state index is -3.56. The largest absolute Gasteiger partial charge is 0.496 e. The third-order valence-electron chi connectivity index (χ3n) is 2.83. The molecule has 0 aliphatic rings. The predicted molar refractivity (Wildman–Crippen MR) is 78.2 cm³/mol. The van der Waals surface area contributed by atoms with Crippen LogP contribution in [-0.2, 0) is 16.6 Å². The van der Waals surface area contributed by atoms with Crippen LogP contribution in [0.2, 0.25) is 0 Å². The van der Waals surface area contributed by atoms with Crippen LogP contribution < -0.4 is 4.74 Å². The van der Waals surface area contributed by atoms with Crippen LogP contribution >= 0.6 is 0 Å². The molecule has 5 nitrogen and oxygen atoms in total. The highest BCUT2D eigenvalue weighted by molar-refractivity contribution is 7.89. The Morgan fingerprint density at radius 1 is 1.30 bits per heavy atom. The van der Waals surface area contributed by atoms with E-state index in [1.54, 1.807) is 13.1 Å². The lowest BCUT2D eigenvalue weighted by Crippen LogP contribution is -2.34. The van der Waals surface area contributed by atoms with Crippen molar-refractivity contribution < 1.29 is 18.3 Å². The lowest BCUT2D eigenvalue weighted by atomic mass is 9.97. The van der Waals surface area contributed by atoms with E-state index in [0.29, 0.717) is 17.9 Å². The van der Waals surface area contributed by atoms with Gasteiger partial charge in [-0.2, -0.15) is 0 Å². The van der Waals surface area contributed by atoms with E-state index in [-0.39, 0.29) is 16.9 Å². The Bertz CT molecular complexity index is 561. The van der Waals surface area contributed by atoms with Crippen molar-refractivity contribution >= 4 is 10.0 Å². The van der Waals surface area contributed by atoms with Crippen LogP contribution in [0.4, 0.5) is 0 Å². The van der Waals surface area contributed by atoms with Gasteiger partial charge in [-0.1, -0.05) is 20.8 Å². The molecular weight excluding hydrogens is 278 g/mol. The van der Waals surface area contributed by atoms with Gasteiger partial charge in [0.05, 0.1) is 18.6 Å². The molecule has 6 heteroatoms. The third-order valence-corrected chi connectivity index (χ3v) is 4.63. The number of sulfonamides is 1. The van der Waals surface area contributed by atoms with E-state index >= 15 is 0 Å². The zero-order chi connectivity index (χ0) is 15.6. The summed E-state index contributed by atoms with van der Waals surface area (Å²) >= 11 is 0. The van der Waals surface area contributed by atoms with E-state index in [2.05, 4.69) is 0 Å². The molecule has 0 aliphatic carbocycles. The number of ether oxygens (including phenoxy) is 1. The first-order chi connectivity index (χ1) is 9.11. The zero-order valence-corrected chi connectivity index (χ0v) is 13.5. The number of aliphatic hydroxyl groups excluding tert-OH is 1. The maximum Gasteiger partial charge on any atom is 0.242 e. The van der Waals surface area contributed by atoms with E-state index in [0.717, 1.165) is 0 Å². The van der Waals surface area contributed by atoms with Crippen LogP contribution in [0.5, 0.6) is 5.75 Å². The zero-order valence-electron chi connectivity index (χ0n) is 12.7. The number of nitrogens with zero attached hydrogens (tertiary/aromatic N) is 1. The summed E-state index contributed by atoms with van der Waals surface area (Å²) in [6.45, 7) is 6.08. The Morgan fingerprint density at radius 3 is 2.35 bits per heavy atom. The number of rotatable bonds is 5. The quantitative estimate of drug-likeness (QED) is 0.901. The number of hydrogen-bond donors (Lipinski definition) is 1. The van der Waals surface area contributed by atoms with Crippen molar-refractivity contribution in [1.29, 1.82) is 0 Å². The Balaban J connectivity index is 3.16. The van der Waals surface area contributed by atoms with Crippen molar-refractivity contribution in [1.82, 2.24) is 4.31 Å². The Kier molecular flexibility index (Phi) is 5.18. The monoisotopic (exact) mass is 301 g/mol. The highest BCUT2D eigenvalue weighted by Crippen LogP contribution is 2.25. The molecule has 0 heterocycles. The van der Waals surface area contributed by atoms with Gasteiger partial charge in [0.1, 0.15) is 5.75 Å². The number of benzene rings is 1. The molecule has 1 aromatic rings. The molecule has 0 aliphatic heterocycles. The fourth-order valence-corrected chi connectivity index (χ4v) is 3.42. The predicted octanol–water partition coefficient (Wildman–Crippen LogP) is 1.85. The van der Waals surface area contributed by atoms with Crippen LogP contribution in [-0.4, -0.2) is 38.5 Å². The van der Waals surface area contributed by atoms with E-state index in [4.69, 9.17) is 4.74 Å². The minimum Gasteiger partial charge on any atom is -0.496 e. The van der Waals surface area contributed by atoms with E-state index in [1.165, 1.54) is 23.5 Å². The molecule has 0 unspecified atom stereocenters. The van der Waals surface area contributed by atoms with E-state index < -0.39 is 10.0 Å².